The van der Waals surface area contributed by atoms with Gasteiger partial charge >= 0.3 is 0 Å². The molecule has 0 spiro atoms. The molecule has 1 aromatic heterocycles. The normalized spacial score (nSPS) is 13.0. The quantitative estimate of drug-likeness (QED) is 0.270. The van der Waals surface area contributed by atoms with Crippen molar-refractivity contribution in [3.05, 3.63) is 24.3 Å². The molecule has 0 bridgehead atoms. The molecule has 1 aromatic carbocycles. The van der Waals surface area contributed by atoms with E-state index >= 15 is 0 Å². The Hall–Kier alpha value is -0.680. The SMILES string of the molecule is C1=NSCC1.N#CSCSc1nc2ccccc2s1. The predicted molar refractivity (Wildman–Crippen MR) is 89.1 cm³/mol. The van der Waals surface area contributed by atoms with E-state index in [-0.39, 0.29) is 0 Å². The Morgan fingerprint density at radius 2 is 2.26 bits per heavy atom. The minimum absolute atomic E-state index is 0.746. The summed E-state index contributed by atoms with van der Waals surface area (Å²) >= 11 is 6.19. The lowest BCUT2D eigenvalue weighted by molar-refractivity contribution is 1.31. The fraction of sp³-hybridized carbons (Fsp3) is 0.250. The lowest BCUT2D eigenvalue weighted by Gasteiger charge is -1.87. The van der Waals surface area contributed by atoms with Gasteiger partial charge in [-0.25, -0.2) is 9.38 Å². The third-order valence-electron chi connectivity index (χ3n) is 2.07. The van der Waals surface area contributed by atoms with Crippen molar-refractivity contribution < 1.29 is 0 Å². The van der Waals surface area contributed by atoms with Crippen LogP contribution in [0.15, 0.2) is 33.0 Å². The highest BCUT2D eigenvalue weighted by molar-refractivity contribution is 8.18. The second-order valence-corrected chi connectivity index (χ2v) is 7.61. The van der Waals surface area contributed by atoms with Crippen LogP contribution in [0.3, 0.4) is 0 Å². The number of thiazole rings is 1. The molecule has 0 aliphatic carbocycles. The number of aromatic nitrogens is 1. The minimum atomic E-state index is 0.746. The molecule has 0 saturated carbocycles. The molecule has 0 radical (unpaired) electrons. The topological polar surface area (TPSA) is 49.0 Å². The molecular weight excluding hydrogens is 314 g/mol. The van der Waals surface area contributed by atoms with E-state index in [2.05, 4.69) is 15.4 Å². The third kappa shape index (κ3) is 5.07. The summed E-state index contributed by atoms with van der Waals surface area (Å²) in [5, 5.41) is 11.2. The molecule has 0 amide bonds. The largest absolute Gasteiger partial charge is 0.230 e. The second-order valence-electron chi connectivity index (χ2n) is 3.36. The highest BCUT2D eigenvalue weighted by Crippen LogP contribution is 2.30. The highest BCUT2D eigenvalue weighted by atomic mass is 32.2. The number of thiocyanates is 1. The van der Waals surface area contributed by atoms with Gasteiger partial charge in [-0.2, -0.15) is 5.26 Å². The van der Waals surface area contributed by atoms with Gasteiger partial charge in [-0.05, 0) is 42.3 Å². The molecule has 3 nitrogen and oxygen atoms in total. The highest BCUT2D eigenvalue weighted by Gasteiger charge is 2.02. The van der Waals surface area contributed by atoms with Gasteiger partial charge < -0.3 is 0 Å². The first-order valence-corrected chi connectivity index (χ1v) is 9.26. The first kappa shape index (κ1) is 14.7. The van der Waals surface area contributed by atoms with Crippen LogP contribution in [0.25, 0.3) is 10.2 Å². The number of hydrogen-bond acceptors (Lipinski definition) is 7. The molecule has 3 rings (SSSR count). The predicted octanol–water partition coefficient (Wildman–Crippen LogP) is 4.67. The van der Waals surface area contributed by atoms with E-state index in [0.717, 1.165) is 14.9 Å². The van der Waals surface area contributed by atoms with Crippen LogP contribution in [0.1, 0.15) is 6.42 Å². The smallest absolute Gasteiger partial charge is 0.151 e. The van der Waals surface area contributed by atoms with Crippen molar-refractivity contribution in [2.75, 3.05) is 10.8 Å². The summed E-state index contributed by atoms with van der Waals surface area (Å²) in [6.07, 6.45) is 3.12. The molecular formula is C12H11N3S4. The van der Waals surface area contributed by atoms with Gasteiger partial charge in [-0.1, -0.05) is 23.9 Å². The van der Waals surface area contributed by atoms with E-state index in [1.165, 1.54) is 28.6 Å². The third-order valence-corrected chi connectivity index (χ3v) is 5.63. The number of para-hydroxylation sites is 1. The van der Waals surface area contributed by atoms with E-state index in [1.807, 2.05) is 29.8 Å². The van der Waals surface area contributed by atoms with Gasteiger partial charge in [0.05, 0.1) is 15.3 Å². The van der Waals surface area contributed by atoms with Gasteiger partial charge in [-0.3, -0.25) is 0 Å². The summed E-state index contributed by atoms with van der Waals surface area (Å²) in [7, 11) is 0. The van der Waals surface area contributed by atoms with Crippen molar-refractivity contribution in [3.8, 4) is 5.40 Å². The van der Waals surface area contributed by atoms with Crippen molar-refractivity contribution >= 4 is 63.2 Å². The summed E-state index contributed by atoms with van der Waals surface area (Å²) in [6, 6.07) is 8.07. The minimum Gasteiger partial charge on any atom is -0.230 e. The van der Waals surface area contributed by atoms with E-state index < -0.39 is 0 Å². The first-order valence-electron chi connectivity index (χ1n) is 5.53. The zero-order valence-corrected chi connectivity index (χ0v) is 13.2. The summed E-state index contributed by atoms with van der Waals surface area (Å²) in [4.78, 5) is 4.44. The van der Waals surface area contributed by atoms with Crippen molar-refractivity contribution in [2.45, 2.75) is 10.8 Å². The van der Waals surface area contributed by atoms with Gasteiger partial charge in [0.25, 0.3) is 0 Å². The van der Waals surface area contributed by atoms with Gasteiger partial charge in [0.15, 0.2) is 4.34 Å². The number of nitriles is 1. The van der Waals surface area contributed by atoms with Crippen molar-refractivity contribution in [3.63, 3.8) is 0 Å². The lowest BCUT2D eigenvalue weighted by atomic mass is 10.3. The maximum Gasteiger partial charge on any atom is 0.151 e. The number of nitrogens with zero attached hydrogens (tertiary/aromatic N) is 3. The molecule has 0 unspecified atom stereocenters. The monoisotopic (exact) mass is 325 g/mol. The second kappa shape index (κ2) is 8.48. The van der Waals surface area contributed by atoms with Crippen molar-refractivity contribution in [2.24, 2.45) is 4.40 Å². The number of hydrogen-bond donors (Lipinski definition) is 0. The van der Waals surface area contributed by atoms with Crippen LogP contribution < -0.4 is 0 Å². The number of rotatable bonds is 3. The molecule has 7 heteroatoms. The molecule has 1 aliphatic rings. The Labute approximate surface area is 129 Å². The van der Waals surface area contributed by atoms with Crippen LogP contribution in [0.5, 0.6) is 0 Å². The Kier molecular flexibility index (Phi) is 6.57. The average Bonchev–Trinajstić information content (AvgIpc) is 3.11. The van der Waals surface area contributed by atoms with Crippen molar-refractivity contribution in [1.29, 1.82) is 5.26 Å². The Morgan fingerprint density at radius 3 is 2.89 bits per heavy atom. The summed E-state index contributed by atoms with van der Waals surface area (Å²) < 4.78 is 6.12. The average molecular weight is 326 g/mol. The van der Waals surface area contributed by atoms with Crippen LogP contribution in [0, 0.1) is 10.7 Å². The molecule has 98 valence electrons. The molecule has 2 heterocycles. The van der Waals surface area contributed by atoms with Gasteiger partial charge in [-0.15, -0.1) is 11.3 Å². The zero-order chi connectivity index (χ0) is 13.3. The van der Waals surface area contributed by atoms with E-state index in [4.69, 9.17) is 5.26 Å². The fourth-order valence-electron chi connectivity index (χ4n) is 1.28. The van der Waals surface area contributed by atoms with Crippen LogP contribution in [0.2, 0.25) is 0 Å². The van der Waals surface area contributed by atoms with E-state index in [9.17, 15) is 0 Å². The lowest BCUT2D eigenvalue weighted by Crippen LogP contribution is -1.69. The van der Waals surface area contributed by atoms with Crippen LogP contribution >= 0.6 is 46.8 Å². The molecule has 1 aliphatic heterocycles. The Balaban J connectivity index is 0.000000224. The molecule has 0 fully saturated rings. The van der Waals surface area contributed by atoms with E-state index in [0.29, 0.717) is 0 Å². The summed E-state index contributed by atoms with van der Waals surface area (Å²) in [5.41, 5.74) is 1.04. The maximum atomic E-state index is 8.37. The Bertz CT molecular complexity index is 549. The molecule has 0 N–H and O–H groups in total. The van der Waals surface area contributed by atoms with E-state index in [1.54, 1.807) is 35.0 Å². The summed E-state index contributed by atoms with van der Waals surface area (Å²) in [5.74, 6) is 1.19. The number of thioether (sulfide) groups is 2. The van der Waals surface area contributed by atoms with Gasteiger partial charge in [0.1, 0.15) is 5.40 Å². The maximum absolute atomic E-state index is 8.37. The van der Waals surface area contributed by atoms with Crippen LogP contribution in [-0.4, -0.2) is 22.0 Å². The van der Waals surface area contributed by atoms with Gasteiger partial charge in [0, 0.05) is 12.0 Å². The molecule has 0 atom stereocenters. The number of benzene rings is 1. The van der Waals surface area contributed by atoms with Gasteiger partial charge in [0.2, 0.25) is 0 Å². The van der Waals surface area contributed by atoms with Crippen molar-refractivity contribution in [1.82, 2.24) is 4.98 Å². The standard InChI is InChI=1S/C9H6N2S3.C3H5NS/c10-5-12-6-13-9-11-7-3-1-2-4-8(7)14-9;1-2-4-5-3-1/h1-4H,6H2;2H,1,3H2. The molecule has 2 aromatic rings. The number of fused-ring (bicyclic) bond motifs is 1. The zero-order valence-electron chi connectivity index (χ0n) is 9.98. The first-order chi connectivity index (χ1) is 9.40. The van der Waals surface area contributed by atoms with Crippen LogP contribution in [0.4, 0.5) is 0 Å². The Morgan fingerprint density at radius 1 is 1.37 bits per heavy atom. The molecule has 19 heavy (non-hydrogen) atoms. The fourth-order valence-corrected chi connectivity index (χ4v) is 4.46. The summed E-state index contributed by atoms with van der Waals surface area (Å²) in [6.45, 7) is 0. The molecule has 0 saturated heterocycles. The van der Waals surface area contributed by atoms with Crippen LogP contribution in [-0.2, 0) is 0 Å².